The van der Waals surface area contributed by atoms with Gasteiger partial charge in [-0.05, 0) is 44.6 Å². The number of carbonyl (C=O) groups is 2. The third-order valence-electron chi connectivity index (χ3n) is 2.90. The lowest BCUT2D eigenvalue weighted by atomic mass is 10.2. The molecule has 1 rings (SSSR count). The summed E-state index contributed by atoms with van der Waals surface area (Å²) in [5, 5.41) is 11.1. The van der Waals surface area contributed by atoms with Gasteiger partial charge in [-0.15, -0.1) is 11.8 Å². The maximum absolute atomic E-state index is 11.5. The predicted octanol–water partition coefficient (Wildman–Crippen LogP) is 2.77. The standard InChI is InChI=1S/C15H21NO3S/c1-10-6-7-11(2)13(9-10)20-8-4-5-14(17)16-12(3)15(18)19/h6-7,9,12H,4-5,8H2,1-3H3,(H,16,17)(H,18,19). The van der Waals surface area contributed by atoms with E-state index in [-0.39, 0.29) is 5.91 Å². The SMILES string of the molecule is Cc1ccc(C)c(SCCCC(=O)NC(C)C(=O)O)c1. The first-order valence-electron chi connectivity index (χ1n) is 6.62. The Bertz CT molecular complexity index is 488. The average molecular weight is 295 g/mol. The van der Waals surface area contributed by atoms with Crippen LogP contribution in [0.5, 0.6) is 0 Å². The van der Waals surface area contributed by atoms with Crippen LogP contribution in [0.1, 0.15) is 30.9 Å². The molecule has 0 radical (unpaired) electrons. The van der Waals surface area contributed by atoms with Crippen molar-refractivity contribution in [3.63, 3.8) is 0 Å². The molecule has 1 atom stereocenters. The number of benzene rings is 1. The fourth-order valence-electron chi connectivity index (χ4n) is 1.65. The number of aliphatic carboxylic acids is 1. The molecule has 2 N–H and O–H groups in total. The third-order valence-corrected chi connectivity index (χ3v) is 4.14. The summed E-state index contributed by atoms with van der Waals surface area (Å²) in [5.74, 6) is -0.372. The minimum absolute atomic E-state index is 0.207. The fraction of sp³-hybridized carbons (Fsp3) is 0.467. The topological polar surface area (TPSA) is 66.4 Å². The van der Waals surface area contributed by atoms with Crippen molar-refractivity contribution in [1.29, 1.82) is 0 Å². The molecule has 0 aliphatic heterocycles. The summed E-state index contributed by atoms with van der Waals surface area (Å²) in [7, 11) is 0. The number of carboxylic acids is 1. The molecule has 0 heterocycles. The van der Waals surface area contributed by atoms with Gasteiger partial charge in [0.1, 0.15) is 6.04 Å². The Balaban J connectivity index is 2.29. The molecule has 110 valence electrons. The smallest absolute Gasteiger partial charge is 0.325 e. The molecule has 0 aliphatic rings. The van der Waals surface area contributed by atoms with E-state index in [1.807, 2.05) is 0 Å². The van der Waals surface area contributed by atoms with Gasteiger partial charge in [0.15, 0.2) is 0 Å². The van der Waals surface area contributed by atoms with Gasteiger partial charge in [0.05, 0.1) is 0 Å². The van der Waals surface area contributed by atoms with Crippen molar-refractivity contribution >= 4 is 23.6 Å². The van der Waals surface area contributed by atoms with E-state index < -0.39 is 12.0 Å². The van der Waals surface area contributed by atoms with Crippen LogP contribution in [0, 0.1) is 13.8 Å². The van der Waals surface area contributed by atoms with Crippen LogP contribution in [0.15, 0.2) is 23.1 Å². The van der Waals surface area contributed by atoms with Crippen molar-refractivity contribution in [3.05, 3.63) is 29.3 Å². The van der Waals surface area contributed by atoms with Gasteiger partial charge in [-0.1, -0.05) is 17.7 Å². The Labute approximate surface area is 124 Å². The summed E-state index contributed by atoms with van der Waals surface area (Å²) in [6, 6.07) is 5.50. The zero-order valence-corrected chi connectivity index (χ0v) is 12.9. The van der Waals surface area contributed by atoms with Crippen LogP contribution < -0.4 is 5.32 Å². The number of nitrogens with one attached hydrogen (secondary N) is 1. The molecule has 0 spiro atoms. The number of aryl methyl sites for hydroxylation is 2. The first-order chi connectivity index (χ1) is 9.40. The second kappa shape index (κ2) is 7.94. The Morgan fingerprint density at radius 2 is 2.05 bits per heavy atom. The molecule has 0 saturated carbocycles. The van der Waals surface area contributed by atoms with Crippen LogP contribution in [0.2, 0.25) is 0 Å². The summed E-state index contributed by atoms with van der Waals surface area (Å²) < 4.78 is 0. The van der Waals surface area contributed by atoms with Crippen molar-refractivity contribution in [2.24, 2.45) is 0 Å². The maximum Gasteiger partial charge on any atom is 0.325 e. The number of thioether (sulfide) groups is 1. The highest BCUT2D eigenvalue weighted by Crippen LogP contribution is 2.24. The molecule has 1 unspecified atom stereocenters. The van der Waals surface area contributed by atoms with Crippen LogP contribution in [-0.2, 0) is 9.59 Å². The van der Waals surface area contributed by atoms with Crippen LogP contribution in [-0.4, -0.2) is 28.8 Å². The van der Waals surface area contributed by atoms with Crippen molar-refractivity contribution in [2.75, 3.05) is 5.75 Å². The zero-order chi connectivity index (χ0) is 15.1. The number of carbonyl (C=O) groups excluding carboxylic acids is 1. The van der Waals surface area contributed by atoms with Gasteiger partial charge in [0, 0.05) is 11.3 Å². The summed E-state index contributed by atoms with van der Waals surface area (Å²) in [6.07, 6.45) is 1.09. The van der Waals surface area contributed by atoms with E-state index in [0.29, 0.717) is 6.42 Å². The Morgan fingerprint density at radius 3 is 2.70 bits per heavy atom. The summed E-state index contributed by atoms with van der Waals surface area (Å²) >= 11 is 1.73. The van der Waals surface area contributed by atoms with Gasteiger partial charge < -0.3 is 10.4 Å². The van der Waals surface area contributed by atoms with E-state index in [4.69, 9.17) is 5.11 Å². The molecule has 0 aromatic heterocycles. The average Bonchev–Trinajstić information content (AvgIpc) is 2.38. The Kier molecular flexibility index (Phi) is 6.58. The minimum atomic E-state index is -1.01. The van der Waals surface area contributed by atoms with Crippen LogP contribution in [0.25, 0.3) is 0 Å². The number of hydrogen-bond donors (Lipinski definition) is 2. The highest BCUT2D eigenvalue weighted by atomic mass is 32.2. The number of rotatable bonds is 7. The zero-order valence-electron chi connectivity index (χ0n) is 12.1. The second-order valence-electron chi connectivity index (χ2n) is 4.85. The normalized spacial score (nSPS) is 11.9. The van der Waals surface area contributed by atoms with Crippen LogP contribution in [0.3, 0.4) is 0 Å². The van der Waals surface area contributed by atoms with Gasteiger partial charge in [0.2, 0.25) is 5.91 Å². The van der Waals surface area contributed by atoms with Crippen molar-refractivity contribution in [2.45, 2.75) is 44.6 Å². The van der Waals surface area contributed by atoms with Crippen molar-refractivity contribution in [3.8, 4) is 0 Å². The molecular formula is C15H21NO3S. The molecule has 0 bridgehead atoms. The van der Waals surface area contributed by atoms with Crippen molar-refractivity contribution in [1.82, 2.24) is 5.32 Å². The van der Waals surface area contributed by atoms with Gasteiger partial charge in [-0.3, -0.25) is 9.59 Å². The number of hydrogen-bond acceptors (Lipinski definition) is 3. The summed E-state index contributed by atoms with van der Waals surface area (Å²) in [4.78, 5) is 23.3. The molecule has 0 fully saturated rings. The third kappa shape index (κ3) is 5.65. The summed E-state index contributed by atoms with van der Waals surface area (Å²) in [6.45, 7) is 5.60. The molecule has 0 aliphatic carbocycles. The molecule has 1 amide bonds. The first-order valence-corrected chi connectivity index (χ1v) is 7.61. The highest BCUT2D eigenvalue weighted by Gasteiger charge is 2.13. The lowest BCUT2D eigenvalue weighted by molar-refractivity contribution is -0.141. The molecule has 1 aromatic rings. The van der Waals surface area contributed by atoms with Gasteiger partial charge in [-0.25, -0.2) is 0 Å². The largest absolute Gasteiger partial charge is 0.480 e. The molecular weight excluding hydrogens is 274 g/mol. The van der Waals surface area contributed by atoms with Crippen LogP contribution in [0.4, 0.5) is 0 Å². The number of carboxylic acid groups (broad SMARTS) is 1. The van der Waals surface area contributed by atoms with Gasteiger partial charge in [-0.2, -0.15) is 0 Å². The molecule has 1 aromatic carbocycles. The van der Waals surface area contributed by atoms with E-state index in [0.717, 1.165) is 12.2 Å². The monoisotopic (exact) mass is 295 g/mol. The first kappa shape index (κ1) is 16.6. The Hall–Kier alpha value is -1.49. The number of amides is 1. The Morgan fingerprint density at radius 1 is 1.35 bits per heavy atom. The van der Waals surface area contributed by atoms with Crippen LogP contribution >= 0.6 is 11.8 Å². The lowest BCUT2D eigenvalue weighted by Gasteiger charge is -2.09. The van der Waals surface area contributed by atoms with Gasteiger partial charge >= 0.3 is 5.97 Å². The van der Waals surface area contributed by atoms with E-state index in [1.165, 1.54) is 22.9 Å². The van der Waals surface area contributed by atoms with E-state index in [9.17, 15) is 9.59 Å². The molecule has 20 heavy (non-hydrogen) atoms. The molecule has 4 nitrogen and oxygen atoms in total. The van der Waals surface area contributed by atoms with Crippen molar-refractivity contribution < 1.29 is 14.7 Å². The quantitative estimate of drug-likeness (QED) is 0.599. The van der Waals surface area contributed by atoms with E-state index in [1.54, 1.807) is 11.8 Å². The predicted molar refractivity (Wildman–Crippen MR) is 81.1 cm³/mol. The summed E-state index contributed by atoms with van der Waals surface area (Å²) in [5.41, 5.74) is 2.47. The van der Waals surface area contributed by atoms with Gasteiger partial charge in [0.25, 0.3) is 0 Å². The molecule has 0 saturated heterocycles. The lowest BCUT2D eigenvalue weighted by Crippen LogP contribution is -2.38. The molecule has 5 heteroatoms. The minimum Gasteiger partial charge on any atom is -0.480 e. The van der Waals surface area contributed by atoms with E-state index >= 15 is 0 Å². The second-order valence-corrected chi connectivity index (χ2v) is 5.99. The highest BCUT2D eigenvalue weighted by molar-refractivity contribution is 7.99. The maximum atomic E-state index is 11.5. The fourth-order valence-corrected chi connectivity index (χ4v) is 2.73. The van der Waals surface area contributed by atoms with E-state index in [2.05, 4.69) is 37.4 Å².